The Balaban J connectivity index is 2.45. The lowest BCUT2D eigenvalue weighted by Crippen LogP contribution is -2.06. The Morgan fingerprint density at radius 3 is 2.81 bits per heavy atom. The van der Waals surface area contributed by atoms with Crippen molar-refractivity contribution < 1.29 is 4.79 Å². The highest BCUT2D eigenvalue weighted by molar-refractivity contribution is 6.31. The van der Waals surface area contributed by atoms with Gasteiger partial charge in [0, 0.05) is 29.5 Å². The van der Waals surface area contributed by atoms with Crippen LogP contribution >= 0.6 is 11.6 Å². The summed E-state index contributed by atoms with van der Waals surface area (Å²) in [6.45, 7) is 0. The molecule has 82 valence electrons. The summed E-state index contributed by atoms with van der Waals surface area (Å²) in [5.41, 5.74) is 6.86. The van der Waals surface area contributed by atoms with Crippen molar-refractivity contribution in [2.45, 2.75) is 0 Å². The van der Waals surface area contributed by atoms with E-state index in [2.05, 4.69) is 5.10 Å². The third-order valence-electron chi connectivity index (χ3n) is 2.21. The third kappa shape index (κ3) is 1.92. The van der Waals surface area contributed by atoms with Crippen LogP contribution in [0.4, 0.5) is 5.69 Å². The number of hydrogen-bond acceptors (Lipinski definition) is 3. The zero-order chi connectivity index (χ0) is 11.7. The van der Waals surface area contributed by atoms with E-state index in [1.807, 2.05) is 0 Å². The smallest absolute Gasteiger partial charge is 0.215 e. The summed E-state index contributed by atoms with van der Waals surface area (Å²) >= 11 is 5.82. The second-order valence-electron chi connectivity index (χ2n) is 3.44. The van der Waals surface area contributed by atoms with Crippen molar-refractivity contribution in [3.63, 3.8) is 0 Å². The highest BCUT2D eigenvalue weighted by atomic mass is 35.5. The molecule has 0 amide bonds. The standard InChI is InChI=1S/C11H10ClN3O/c1-15-5-4-10(14-15)11(16)8-6-7(12)2-3-9(8)13/h2-6H,13H2,1H3. The van der Waals surface area contributed by atoms with Crippen LogP contribution in [0.25, 0.3) is 0 Å². The van der Waals surface area contributed by atoms with Gasteiger partial charge in [0.2, 0.25) is 5.78 Å². The lowest BCUT2D eigenvalue weighted by atomic mass is 10.1. The quantitative estimate of drug-likeness (QED) is 0.639. The average molecular weight is 236 g/mol. The Morgan fingerprint density at radius 2 is 2.19 bits per heavy atom. The van der Waals surface area contributed by atoms with Gasteiger partial charge in [0.1, 0.15) is 5.69 Å². The number of aryl methyl sites for hydroxylation is 1. The largest absolute Gasteiger partial charge is 0.398 e. The minimum Gasteiger partial charge on any atom is -0.398 e. The highest BCUT2D eigenvalue weighted by Crippen LogP contribution is 2.20. The van der Waals surface area contributed by atoms with E-state index in [4.69, 9.17) is 17.3 Å². The van der Waals surface area contributed by atoms with Gasteiger partial charge in [0.25, 0.3) is 0 Å². The van der Waals surface area contributed by atoms with Crippen LogP contribution in [0.1, 0.15) is 16.1 Å². The van der Waals surface area contributed by atoms with Gasteiger partial charge in [-0.3, -0.25) is 9.48 Å². The summed E-state index contributed by atoms with van der Waals surface area (Å²) in [7, 11) is 1.75. The van der Waals surface area contributed by atoms with E-state index in [-0.39, 0.29) is 5.78 Å². The molecule has 0 saturated heterocycles. The first-order chi connectivity index (χ1) is 7.58. The maximum atomic E-state index is 12.0. The number of aromatic nitrogens is 2. The van der Waals surface area contributed by atoms with Gasteiger partial charge in [0.05, 0.1) is 0 Å². The van der Waals surface area contributed by atoms with Crippen LogP contribution in [0, 0.1) is 0 Å². The van der Waals surface area contributed by atoms with E-state index in [0.29, 0.717) is 22.0 Å². The number of nitrogens with zero attached hydrogens (tertiary/aromatic N) is 2. The first kappa shape index (κ1) is 10.7. The SMILES string of the molecule is Cn1ccc(C(=O)c2cc(Cl)ccc2N)n1. The molecule has 0 aliphatic carbocycles. The van der Waals surface area contributed by atoms with Crippen molar-refractivity contribution in [1.82, 2.24) is 9.78 Å². The number of carbonyl (C=O) groups excluding carboxylic acids is 1. The minimum atomic E-state index is -0.222. The first-order valence-electron chi connectivity index (χ1n) is 4.67. The Labute approximate surface area is 97.6 Å². The van der Waals surface area contributed by atoms with Crippen LogP contribution in [-0.4, -0.2) is 15.6 Å². The van der Waals surface area contributed by atoms with Crippen LogP contribution in [0.2, 0.25) is 5.02 Å². The fraction of sp³-hybridized carbons (Fsp3) is 0.0909. The van der Waals surface area contributed by atoms with Crippen molar-refractivity contribution in [3.05, 3.63) is 46.7 Å². The lowest BCUT2D eigenvalue weighted by molar-refractivity contribution is 0.103. The molecule has 0 atom stereocenters. The van der Waals surface area contributed by atoms with E-state index < -0.39 is 0 Å². The molecule has 5 heteroatoms. The second kappa shape index (κ2) is 3.98. The highest BCUT2D eigenvalue weighted by Gasteiger charge is 2.15. The summed E-state index contributed by atoms with van der Waals surface area (Å²) in [4.78, 5) is 12.0. The Morgan fingerprint density at radius 1 is 1.44 bits per heavy atom. The predicted molar refractivity (Wildman–Crippen MR) is 62.5 cm³/mol. The van der Waals surface area contributed by atoms with Crippen LogP contribution < -0.4 is 5.73 Å². The number of hydrogen-bond donors (Lipinski definition) is 1. The molecule has 0 aliphatic heterocycles. The van der Waals surface area contributed by atoms with E-state index in [0.717, 1.165) is 0 Å². The van der Waals surface area contributed by atoms with Gasteiger partial charge in [-0.1, -0.05) is 11.6 Å². The number of anilines is 1. The monoisotopic (exact) mass is 235 g/mol. The van der Waals surface area contributed by atoms with E-state index >= 15 is 0 Å². The zero-order valence-corrected chi connectivity index (χ0v) is 9.40. The molecule has 0 saturated carbocycles. The molecular weight excluding hydrogens is 226 g/mol. The number of halogens is 1. The van der Waals surface area contributed by atoms with Gasteiger partial charge in [0.15, 0.2) is 0 Å². The Kier molecular flexibility index (Phi) is 2.66. The molecule has 0 radical (unpaired) electrons. The third-order valence-corrected chi connectivity index (χ3v) is 2.44. The van der Waals surface area contributed by atoms with Crippen molar-refractivity contribution in [2.24, 2.45) is 7.05 Å². The maximum Gasteiger partial charge on any atom is 0.215 e. The van der Waals surface area contributed by atoms with Gasteiger partial charge in [-0.2, -0.15) is 5.10 Å². The summed E-state index contributed by atoms with van der Waals surface area (Å²) in [6, 6.07) is 6.45. The van der Waals surface area contributed by atoms with Crippen molar-refractivity contribution in [1.29, 1.82) is 0 Å². The van der Waals surface area contributed by atoms with Crippen LogP contribution in [-0.2, 0) is 7.05 Å². The molecule has 0 unspecified atom stereocenters. The number of benzene rings is 1. The molecule has 4 nitrogen and oxygen atoms in total. The molecule has 2 N–H and O–H groups in total. The normalized spacial score (nSPS) is 10.4. The number of rotatable bonds is 2. The fourth-order valence-corrected chi connectivity index (χ4v) is 1.57. The van der Waals surface area contributed by atoms with Gasteiger partial charge in [-0.15, -0.1) is 0 Å². The molecule has 0 aliphatic rings. The molecule has 0 spiro atoms. The van der Waals surface area contributed by atoms with Gasteiger partial charge in [-0.25, -0.2) is 0 Å². The number of ketones is 1. The predicted octanol–water partition coefficient (Wildman–Crippen LogP) is 1.89. The second-order valence-corrected chi connectivity index (χ2v) is 3.87. The minimum absolute atomic E-state index is 0.222. The summed E-state index contributed by atoms with van der Waals surface area (Å²) in [5, 5.41) is 4.51. The van der Waals surface area contributed by atoms with Gasteiger partial charge < -0.3 is 5.73 Å². The lowest BCUT2D eigenvalue weighted by Gasteiger charge is -2.02. The fourth-order valence-electron chi connectivity index (χ4n) is 1.40. The van der Waals surface area contributed by atoms with Crippen molar-refractivity contribution in [3.8, 4) is 0 Å². The van der Waals surface area contributed by atoms with Crippen molar-refractivity contribution in [2.75, 3.05) is 5.73 Å². The van der Waals surface area contributed by atoms with Crippen LogP contribution in [0.3, 0.4) is 0 Å². The molecule has 1 aromatic carbocycles. The van der Waals surface area contributed by atoms with E-state index in [9.17, 15) is 4.79 Å². The van der Waals surface area contributed by atoms with E-state index in [1.54, 1.807) is 42.2 Å². The molecule has 0 bridgehead atoms. The molecule has 2 rings (SSSR count). The van der Waals surface area contributed by atoms with Crippen LogP contribution in [0.5, 0.6) is 0 Å². The molecular formula is C11H10ClN3O. The first-order valence-corrected chi connectivity index (χ1v) is 5.05. The van der Waals surface area contributed by atoms with Gasteiger partial charge >= 0.3 is 0 Å². The molecule has 16 heavy (non-hydrogen) atoms. The van der Waals surface area contributed by atoms with Crippen LogP contribution in [0.15, 0.2) is 30.5 Å². The van der Waals surface area contributed by atoms with Crippen molar-refractivity contribution >= 4 is 23.1 Å². The summed E-state index contributed by atoms with van der Waals surface area (Å²) in [6.07, 6.45) is 1.70. The average Bonchev–Trinajstić information content (AvgIpc) is 2.67. The summed E-state index contributed by atoms with van der Waals surface area (Å²) in [5.74, 6) is -0.222. The maximum absolute atomic E-state index is 12.0. The number of carbonyl (C=O) groups is 1. The van der Waals surface area contributed by atoms with E-state index in [1.165, 1.54) is 0 Å². The molecule has 0 fully saturated rings. The molecule has 2 aromatic rings. The zero-order valence-electron chi connectivity index (χ0n) is 8.64. The topological polar surface area (TPSA) is 60.9 Å². The van der Waals surface area contributed by atoms with Gasteiger partial charge in [-0.05, 0) is 24.3 Å². The molecule has 1 heterocycles. The Hall–Kier alpha value is -1.81. The molecule has 1 aromatic heterocycles. The number of nitrogen functional groups attached to an aromatic ring is 1. The summed E-state index contributed by atoms with van der Waals surface area (Å²) < 4.78 is 1.56. The number of nitrogens with two attached hydrogens (primary N) is 1. The Bertz CT molecular complexity index is 548.